The van der Waals surface area contributed by atoms with Crippen LogP contribution in [0.4, 0.5) is 0 Å². The summed E-state index contributed by atoms with van der Waals surface area (Å²) in [5.41, 5.74) is 0. The Hall–Kier alpha value is -1.92. The van der Waals surface area contributed by atoms with Gasteiger partial charge in [-0.1, -0.05) is 288 Å². The van der Waals surface area contributed by atoms with Crippen molar-refractivity contribution in [1.29, 1.82) is 0 Å². The fourth-order valence-corrected chi connectivity index (χ4v) is 9.43. The van der Waals surface area contributed by atoms with Gasteiger partial charge in [-0.25, -0.2) is 0 Å². The second-order valence-electron chi connectivity index (χ2n) is 21.0. The Balaban J connectivity index is 3.36. The molecule has 0 spiro atoms. The van der Waals surface area contributed by atoms with Gasteiger partial charge >= 0.3 is 5.97 Å². The van der Waals surface area contributed by atoms with Crippen molar-refractivity contribution in [2.24, 2.45) is 0 Å². The zero-order valence-corrected chi connectivity index (χ0v) is 46.3. The van der Waals surface area contributed by atoms with Gasteiger partial charge in [0.1, 0.15) is 0 Å². The predicted molar refractivity (Wildman–Crippen MR) is 301 cm³/mol. The highest BCUT2D eigenvalue weighted by molar-refractivity contribution is 5.76. The van der Waals surface area contributed by atoms with Crippen molar-refractivity contribution in [2.45, 2.75) is 341 Å². The maximum atomic E-state index is 12.4. The van der Waals surface area contributed by atoms with Crippen LogP contribution in [0, 0.1) is 0 Å². The number of unbranched alkanes of at least 4 members (excludes halogenated alkanes) is 42. The van der Waals surface area contributed by atoms with Crippen LogP contribution in [0.25, 0.3) is 0 Å². The first-order chi connectivity index (χ1) is 34.0. The molecular weight excluding hydrogens is 851 g/mol. The number of carbonyl (C=O) groups is 2. The summed E-state index contributed by atoms with van der Waals surface area (Å²) in [7, 11) is 0. The van der Waals surface area contributed by atoms with Crippen LogP contribution in [0.2, 0.25) is 0 Å². The summed E-state index contributed by atoms with van der Waals surface area (Å²) in [6, 6.07) is -0.626. The van der Waals surface area contributed by atoms with Crippen LogP contribution in [-0.4, -0.2) is 47.4 Å². The molecule has 0 heterocycles. The van der Waals surface area contributed by atoms with Crippen molar-refractivity contribution < 1.29 is 24.5 Å². The maximum Gasteiger partial charge on any atom is 0.305 e. The molecule has 0 bridgehead atoms. The Kier molecular flexibility index (Phi) is 57.0. The lowest BCUT2D eigenvalue weighted by atomic mass is 10.0. The average Bonchev–Trinajstić information content (AvgIpc) is 3.35. The number of rotatable bonds is 57. The number of ether oxygens (including phenoxy) is 1. The van der Waals surface area contributed by atoms with Gasteiger partial charge in [0, 0.05) is 12.8 Å². The molecule has 0 aromatic heterocycles. The summed E-state index contributed by atoms with van der Waals surface area (Å²) in [5, 5.41) is 23.0. The lowest BCUT2D eigenvalue weighted by Crippen LogP contribution is -2.45. The molecule has 69 heavy (non-hydrogen) atoms. The van der Waals surface area contributed by atoms with Crippen LogP contribution in [-0.2, 0) is 14.3 Å². The average molecular weight is 971 g/mol. The SMILES string of the molecule is CCCCC/C=C\C/C=C\CCCCCCCCCC(=O)OCCCCCCCCCCCCCCCCCCCCCCCCCCC(=O)NC(CO)C(O)/C=C/CCCCCCCCCCC. The van der Waals surface area contributed by atoms with E-state index in [0.29, 0.717) is 19.4 Å². The molecule has 1 amide bonds. The van der Waals surface area contributed by atoms with Crippen molar-refractivity contribution in [3.05, 3.63) is 36.5 Å². The van der Waals surface area contributed by atoms with E-state index in [1.165, 1.54) is 250 Å². The number of carbonyl (C=O) groups excluding carboxylic acids is 2. The number of allylic oxidation sites excluding steroid dienone is 5. The lowest BCUT2D eigenvalue weighted by Gasteiger charge is -2.20. The third-order valence-electron chi connectivity index (χ3n) is 14.2. The zero-order valence-electron chi connectivity index (χ0n) is 46.3. The molecule has 0 aliphatic rings. The lowest BCUT2D eigenvalue weighted by molar-refractivity contribution is -0.143. The van der Waals surface area contributed by atoms with Gasteiger partial charge in [-0.3, -0.25) is 9.59 Å². The summed E-state index contributed by atoms with van der Waals surface area (Å²) in [5.74, 6) is -0.0606. The predicted octanol–water partition coefficient (Wildman–Crippen LogP) is 19.2. The van der Waals surface area contributed by atoms with Gasteiger partial charge in [0.2, 0.25) is 5.91 Å². The fourth-order valence-electron chi connectivity index (χ4n) is 9.43. The van der Waals surface area contributed by atoms with Gasteiger partial charge in [-0.15, -0.1) is 0 Å². The van der Waals surface area contributed by atoms with Gasteiger partial charge < -0.3 is 20.3 Å². The van der Waals surface area contributed by atoms with Crippen LogP contribution < -0.4 is 5.32 Å². The standard InChI is InChI=1S/C63H119NO5/c1-3-5-7-9-11-13-15-16-17-26-30-33-37-41-45-49-53-57-63(68)69-58-54-50-46-42-38-34-31-28-25-23-21-19-18-20-22-24-27-29-32-36-40-44-48-52-56-62(67)64-60(59-65)61(66)55-51-47-43-39-35-14-12-10-8-6-4-2/h11,13,16-17,51,55,60-61,65-66H,3-10,12,14-15,18-50,52-54,56-59H2,1-2H3,(H,64,67)/b13-11-,17-16-,55-51+. The smallest absolute Gasteiger partial charge is 0.305 e. The van der Waals surface area contributed by atoms with Gasteiger partial charge in [-0.2, -0.15) is 0 Å². The van der Waals surface area contributed by atoms with Crippen molar-refractivity contribution >= 4 is 11.9 Å². The molecule has 0 fully saturated rings. The Bertz CT molecular complexity index is 1120. The normalized spacial score (nSPS) is 12.8. The van der Waals surface area contributed by atoms with Gasteiger partial charge in [0.05, 0.1) is 25.4 Å². The Morgan fingerprint density at radius 1 is 0.406 bits per heavy atom. The van der Waals surface area contributed by atoms with E-state index >= 15 is 0 Å². The highest BCUT2D eigenvalue weighted by Gasteiger charge is 2.18. The molecular formula is C63H119NO5. The second-order valence-corrected chi connectivity index (χ2v) is 21.0. The molecule has 2 atom stereocenters. The number of nitrogens with one attached hydrogen (secondary N) is 1. The number of amides is 1. The van der Waals surface area contributed by atoms with Crippen LogP contribution in [0.1, 0.15) is 328 Å². The largest absolute Gasteiger partial charge is 0.466 e. The summed E-state index contributed by atoms with van der Waals surface area (Å²) in [6.07, 6.45) is 73.3. The number of hydrogen-bond acceptors (Lipinski definition) is 5. The van der Waals surface area contributed by atoms with Crippen molar-refractivity contribution in [1.82, 2.24) is 5.32 Å². The van der Waals surface area contributed by atoms with Crippen LogP contribution in [0.3, 0.4) is 0 Å². The van der Waals surface area contributed by atoms with E-state index in [2.05, 4.69) is 43.5 Å². The quantitative estimate of drug-likeness (QED) is 0.0321. The first-order valence-electron chi connectivity index (χ1n) is 30.8. The zero-order chi connectivity index (χ0) is 50.0. The minimum Gasteiger partial charge on any atom is -0.466 e. The van der Waals surface area contributed by atoms with E-state index in [0.717, 1.165) is 51.4 Å². The molecule has 0 radical (unpaired) electrons. The van der Waals surface area contributed by atoms with E-state index in [1.54, 1.807) is 6.08 Å². The molecule has 6 heteroatoms. The summed E-state index contributed by atoms with van der Waals surface area (Å²) >= 11 is 0. The van der Waals surface area contributed by atoms with Gasteiger partial charge in [-0.05, 0) is 64.2 Å². The molecule has 0 saturated heterocycles. The third-order valence-corrected chi connectivity index (χ3v) is 14.2. The molecule has 6 nitrogen and oxygen atoms in total. The highest BCUT2D eigenvalue weighted by Crippen LogP contribution is 2.17. The summed E-state index contributed by atoms with van der Waals surface area (Å²) < 4.78 is 5.49. The number of hydrogen-bond donors (Lipinski definition) is 3. The van der Waals surface area contributed by atoms with Gasteiger partial charge in [0.25, 0.3) is 0 Å². The van der Waals surface area contributed by atoms with E-state index in [4.69, 9.17) is 4.74 Å². The number of esters is 1. The summed E-state index contributed by atoms with van der Waals surface area (Å²) in [6.45, 7) is 4.87. The minimum absolute atomic E-state index is 0.00706. The summed E-state index contributed by atoms with van der Waals surface area (Å²) in [4.78, 5) is 24.5. The van der Waals surface area contributed by atoms with Crippen LogP contribution >= 0.6 is 0 Å². The molecule has 0 aliphatic heterocycles. The Morgan fingerprint density at radius 2 is 0.725 bits per heavy atom. The van der Waals surface area contributed by atoms with E-state index in [1.807, 2.05) is 6.08 Å². The molecule has 0 rings (SSSR count). The monoisotopic (exact) mass is 970 g/mol. The third kappa shape index (κ3) is 55.2. The molecule has 0 aromatic carbocycles. The maximum absolute atomic E-state index is 12.4. The minimum atomic E-state index is -0.842. The molecule has 3 N–H and O–H groups in total. The second kappa shape index (κ2) is 58.6. The van der Waals surface area contributed by atoms with E-state index < -0.39 is 12.1 Å². The molecule has 0 saturated carbocycles. The first kappa shape index (κ1) is 67.1. The Labute approximate surface area is 430 Å². The van der Waals surface area contributed by atoms with E-state index in [9.17, 15) is 19.8 Å². The molecule has 2 unspecified atom stereocenters. The topological polar surface area (TPSA) is 95.9 Å². The van der Waals surface area contributed by atoms with Crippen molar-refractivity contribution in [3.8, 4) is 0 Å². The number of aliphatic hydroxyl groups is 2. The van der Waals surface area contributed by atoms with Crippen molar-refractivity contribution in [3.63, 3.8) is 0 Å². The first-order valence-corrected chi connectivity index (χ1v) is 30.8. The molecule has 406 valence electrons. The van der Waals surface area contributed by atoms with E-state index in [-0.39, 0.29) is 18.5 Å². The van der Waals surface area contributed by atoms with Crippen LogP contribution in [0.5, 0.6) is 0 Å². The molecule has 0 aromatic rings. The highest BCUT2D eigenvalue weighted by atomic mass is 16.5. The number of aliphatic hydroxyl groups excluding tert-OH is 2. The van der Waals surface area contributed by atoms with Crippen LogP contribution in [0.15, 0.2) is 36.5 Å². The Morgan fingerprint density at radius 3 is 1.13 bits per heavy atom. The molecule has 0 aliphatic carbocycles. The fraction of sp³-hybridized carbons (Fsp3) is 0.873. The van der Waals surface area contributed by atoms with Crippen molar-refractivity contribution in [2.75, 3.05) is 13.2 Å². The van der Waals surface area contributed by atoms with Gasteiger partial charge in [0.15, 0.2) is 0 Å².